The summed E-state index contributed by atoms with van der Waals surface area (Å²) in [5.74, 6) is 0. The van der Waals surface area contributed by atoms with Gasteiger partial charge in [0.05, 0.1) is 6.61 Å². The number of aryl methyl sites for hydroxylation is 1. The van der Waals surface area contributed by atoms with Gasteiger partial charge in [-0.2, -0.15) is 0 Å². The Morgan fingerprint density at radius 1 is 1.00 bits per heavy atom. The third-order valence-electron chi connectivity index (χ3n) is 3.90. The van der Waals surface area contributed by atoms with Crippen LogP contribution in [-0.2, 0) is 15.9 Å². The van der Waals surface area contributed by atoms with Crippen molar-refractivity contribution in [1.29, 1.82) is 0 Å². The average Bonchev–Trinajstić information content (AvgIpc) is 2.56. The first-order valence-electron chi connectivity index (χ1n) is 7.69. The van der Waals surface area contributed by atoms with E-state index in [1.54, 1.807) is 0 Å². The number of ether oxygens (including phenoxy) is 2. The Balaban J connectivity index is 1.70. The number of aliphatic hydroxyl groups is 4. The third kappa shape index (κ3) is 5.22. The maximum Gasteiger partial charge on any atom is 0.186 e. The summed E-state index contributed by atoms with van der Waals surface area (Å²) in [6, 6.07) is 8.12. The molecule has 0 bridgehead atoms. The predicted octanol–water partition coefficient (Wildman–Crippen LogP) is 0.588. The topological polar surface area (TPSA) is 99.4 Å². The normalized spacial score (nSPS) is 31.3. The van der Waals surface area contributed by atoms with Crippen molar-refractivity contribution in [3.05, 3.63) is 34.3 Å². The van der Waals surface area contributed by atoms with E-state index in [1.807, 2.05) is 12.1 Å². The molecule has 7 heteroatoms. The first-order chi connectivity index (χ1) is 11.0. The van der Waals surface area contributed by atoms with Crippen LogP contribution in [0.2, 0.25) is 0 Å². The SMILES string of the molecule is OCC1OC(OCCCCc2ccc(Br)cc2)C(O)C(O)C1O. The summed E-state index contributed by atoms with van der Waals surface area (Å²) in [6.45, 7) is -0.0897. The van der Waals surface area contributed by atoms with Crippen LogP contribution in [-0.4, -0.2) is 64.3 Å². The Morgan fingerprint density at radius 2 is 1.70 bits per heavy atom. The Morgan fingerprint density at radius 3 is 2.35 bits per heavy atom. The smallest absolute Gasteiger partial charge is 0.186 e. The molecule has 23 heavy (non-hydrogen) atoms. The lowest BCUT2D eigenvalue weighted by Gasteiger charge is -2.39. The molecule has 0 aromatic heterocycles. The molecular formula is C16H23BrO6. The van der Waals surface area contributed by atoms with Crippen molar-refractivity contribution < 1.29 is 29.9 Å². The second-order valence-corrected chi connectivity index (χ2v) is 6.57. The van der Waals surface area contributed by atoms with Crippen molar-refractivity contribution in [3.8, 4) is 0 Å². The summed E-state index contributed by atoms with van der Waals surface area (Å²) < 4.78 is 11.8. The lowest BCUT2D eigenvalue weighted by atomic mass is 9.99. The molecule has 0 amide bonds. The summed E-state index contributed by atoms with van der Waals surface area (Å²) in [5, 5.41) is 38.3. The minimum atomic E-state index is -1.39. The fourth-order valence-electron chi connectivity index (χ4n) is 2.49. The van der Waals surface area contributed by atoms with Crippen molar-refractivity contribution in [2.75, 3.05) is 13.2 Å². The second kappa shape index (κ2) is 9.08. The summed E-state index contributed by atoms with van der Waals surface area (Å²) in [5.41, 5.74) is 1.24. The number of halogens is 1. The van der Waals surface area contributed by atoms with Crippen molar-refractivity contribution in [2.45, 2.75) is 50.0 Å². The average molecular weight is 391 g/mol. The summed E-state index contributed by atoms with van der Waals surface area (Å²) in [4.78, 5) is 0. The minimum absolute atomic E-state index is 0.360. The third-order valence-corrected chi connectivity index (χ3v) is 4.43. The van der Waals surface area contributed by atoms with Gasteiger partial charge in [0, 0.05) is 11.1 Å². The van der Waals surface area contributed by atoms with E-state index in [0.29, 0.717) is 6.61 Å². The number of hydrogen-bond donors (Lipinski definition) is 4. The molecule has 2 rings (SSSR count). The van der Waals surface area contributed by atoms with E-state index >= 15 is 0 Å². The second-order valence-electron chi connectivity index (χ2n) is 5.65. The van der Waals surface area contributed by atoms with Crippen LogP contribution in [0.25, 0.3) is 0 Å². The molecule has 0 spiro atoms. The van der Waals surface area contributed by atoms with Gasteiger partial charge in [0.15, 0.2) is 6.29 Å². The van der Waals surface area contributed by atoms with Crippen molar-refractivity contribution in [1.82, 2.24) is 0 Å². The maximum atomic E-state index is 9.84. The number of hydrogen-bond acceptors (Lipinski definition) is 6. The van der Waals surface area contributed by atoms with Crippen LogP contribution in [0.5, 0.6) is 0 Å². The molecule has 1 heterocycles. The minimum Gasteiger partial charge on any atom is -0.394 e. The van der Waals surface area contributed by atoms with Crippen molar-refractivity contribution in [2.24, 2.45) is 0 Å². The van der Waals surface area contributed by atoms with Gasteiger partial charge in [-0.15, -0.1) is 0 Å². The summed E-state index contributed by atoms with van der Waals surface area (Å²) >= 11 is 3.39. The zero-order valence-electron chi connectivity index (χ0n) is 12.7. The van der Waals surface area contributed by atoms with E-state index in [9.17, 15) is 15.3 Å². The zero-order chi connectivity index (χ0) is 16.8. The lowest BCUT2D eigenvalue weighted by Crippen LogP contribution is -2.59. The molecule has 130 valence electrons. The summed E-state index contributed by atoms with van der Waals surface area (Å²) in [6.07, 6.45) is -3.45. The molecule has 5 unspecified atom stereocenters. The Kier molecular flexibility index (Phi) is 7.42. The monoisotopic (exact) mass is 390 g/mol. The largest absolute Gasteiger partial charge is 0.394 e. The highest BCUT2D eigenvalue weighted by Crippen LogP contribution is 2.22. The van der Waals surface area contributed by atoms with Crippen molar-refractivity contribution >= 4 is 15.9 Å². The number of unbranched alkanes of at least 4 members (excludes halogenated alkanes) is 1. The van der Waals surface area contributed by atoms with Gasteiger partial charge in [-0.05, 0) is 37.0 Å². The Hall–Kier alpha value is -0.540. The van der Waals surface area contributed by atoms with Crippen LogP contribution >= 0.6 is 15.9 Å². The fraction of sp³-hybridized carbons (Fsp3) is 0.625. The molecule has 1 fully saturated rings. The van der Waals surface area contributed by atoms with E-state index < -0.39 is 37.3 Å². The molecule has 1 saturated heterocycles. The molecule has 5 atom stereocenters. The highest BCUT2D eigenvalue weighted by atomic mass is 79.9. The quantitative estimate of drug-likeness (QED) is 0.508. The molecule has 0 saturated carbocycles. The molecular weight excluding hydrogens is 368 g/mol. The molecule has 1 aliphatic heterocycles. The van der Waals surface area contributed by atoms with Gasteiger partial charge in [-0.1, -0.05) is 28.1 Å². The van der Waals surface area contributed by atoms with Crippen LogP contribution < -0.4 is 0 Å². The van der Waals surface area contributed by atoms with Crippen molar-refractivity contribution in [3.63, 3.8) is 0 Å². The van der Waals surface area contributed by atoms with E-state index in [2.05, 4.69) is 28.1 Å². The highest BCUT2D eigenvalue weighted by molar-refractivity contribution is 9.10. The predicted molar refractivity (Wildman–Crippen MR) is 86.8 cm³/mol. The van der Waals surface area contributed by atoms with Crippen LogP contribution in [0.4, 0.5) is 0 Å². The molecule has 6 nitrogen and oxygen atoms in total. The highest BCUT2D eigenvalue weighted by Gasteiger charge is 2.43. The van der Waals surface area contributed by atoms with Gasteiger partial charge in [0.25, 0.3) is 0 Å². The standard InChI is InChI=1S/C16H23BrO6/c17-11-6-4-10(5-7-11)3-1-2-8-22-16-15(21)14(20)13(19)12(9-18)23-16/h4-7,12-16,18-21H,1-3,8-9H2. The van der Waals surface area contributed by atoms with Crippen LogP contribution in [0, 0.1) is 0 Å². The van der Waals surface area contributed by atoms with Gasteiger partial charge in [-0.3, -0.25) is 0 Å². The molecule has 1 aromatic carbocycles. The lowest BCUT2D eigenvalue weighted by molar-refractivity contribution is -0.301. The van der Waals surface area contributed by atoms with E-state index in [0.717, 1.165) is 23.7 Å². The van der Waals surface area contributed by atoms with Gasteiger partial charge >= 0.3 is 0 Å². The molecule has 0 radical (unpaired) electrons. The maximum absolute atomic E-state index is 9.84. The van der Waals surface area contributed by atoms with Crippen LogP contribution in [0.15, 0.2) is 28.7 Å². The van der Waals surface area contributed by atoms with Gasteiger partial charge in [0.1, 0.15) is 24.4 Å². The Bertz CT molecular complexity index is 466. The molecule has 0 aliphatic carbocycles. The molecule has 4 N–H and O–H groups in total. The van der Waals surface area contributed by atoms with Crippen LogP contribution in [0.3, 0.4) is 0 Å². The molecule has 1 aromatic rings. The Labute approximate surface area is 143 Å². The van der Waals surface area contributed by atoms with E-state index in [1.165, 1.54) is 5.56 Å². The van der Waals surface area contributed by atoms with Gasteiger partial charge < -0.3 is 29.9 Å². The van der Waals surface area contributed by atoms with E-state index in [4.69, 9.17) is 14.6 Å². The van der Waals surface area contributed by atoms with E-state index in [-0.39, 0.29) is 0 Å². The number of rotatable bonds is 7. The first kappa shape index (κ1) is 18.8. The number of aliphatic hydroxyl groups excluding tert-OH is 4. The van der Waals surface area contributed by atoms with Gasteiger partial charge in [0.2, 0.25) is 0 Å². The zero-order valence-corrected chi connectivity index (χ0v) is 14.3. The first-order valence-corrected chi connectivity index (χ1v) is 8.49. The summed E-state index contributed by atoms with van der Waals surface area (Å²) in [7, 11) is 0. The number of benzene rings is 1. The fourth-order valence-corrected chi connectivity index (χ4v) is 2.75. The van der Waals surface area contributed by atoms with Crippen LogP contribution in [0.1, 0.15) is 18.4 Å². The van der Waals surface area contributed by atoms with Gasteiger partial charge in [-0.25, -0.2) is 0 Å². The molecule has 1 aliphatic rings.